The first-order valence-electron chi connectivity index (χ1n) is 10.6. The molecule has 1 saturated heterocycles. The lowest BCUT2D eigenvalue weighted by molar-refractivity contribution is -0.142. The molecule has 1 aliphatic heterocycles. The summed E-state index contributed by atoms with van der Waals surface area (Å²) in [7, 11) is 1.75. The Bertz CT molecular complexity index is 1160. The molecule has 0 N–H and O–H groups in total. The number of piperidine rings is 1. The van der Waals surface area contributed by atoms with Gasteiger partial charge in [0, 0.05) is 43.2 Å². The molecule has 0 atom stereocenters. The smallest absolute Gasteiger partial charge is 0.337 e. The van der Waals surface area contributed by atoms with Crippen molar-refractivity contribution >= 4 is 11.6 Å². The van der Waals surface area contributed by atoms with E-state index in [9.17, 15) is 18.0 Å². The van der Waals surface area contributed by atoms with Gasteiger partial charge in [0.1, 0.15) is 11.4 Å². The largest absolute Gasteiger partial charge is 0.433 e. The van der Waals surface area contributed by atoms with E-state index in [4.69, 9.17) is 0 Å². The summed E-state index contributed by atoms with van der Waals surface area (Å²) >= 11 is 0. The molecule has 0 radical (unpaired) electrons. The van der Waals surface area contributed by atoms with Crippen molar-refractivity contribution < 1.29 is 18.0 Å². The zero-order valence-corrected chi connectivity index (χ0v) is 18.9. The molecule has 32 heavy (non-hydrogen) atoms. The molecular weight excluding hydrogens is 421 g/mol. The number of rotatable bonds is 2. The van der Waals surface area contributed by atoms with Crippen LogP contribution in [0, 0.1) is 6.92 Å². The summed E-state index contributed by atoms with van der Waals surface area (Å²) in [6, 6.07) is 4.46. The van der Waals surface area contributed by atoms with Crippen LogP contribution in [-0.4, -0.2) is 48.3 Å². The van der Waals surface area contributed by atoms with Crippen molar-refractivity contribution in [2.45, 2.75) is 58.0 Å². The lowest BCUT2D eigenvalue weighted by atomic mass is 9.91. The van der Waals surface area contributed by atoms with Crippen molar-refractivity contribution in [3.63, 3.8) is 0 Å². The minimum absolute atomic E-state index is 0.111. The van der Waals surface area contributed by atoms with Crippen LogP contribution in [0.3, 0.4) is 0 Å². The predicted octanol–water partition coefficient (Wildman–Crippen LogP) is 4.11. The first kappa shape index (κ1) is 22.3. The number of nitrogens with zero attached hydrogens (tertiary/aromatic N) is 6. The van der Waals surface area contributed by atoms with E-state index in [1.165, 1.54) is 0 Å². The molecule has 0 saturated carbocycles. The fraction of sp³-hybridized carbons (Fsp3) is 0.545. The Balaban J connectivity index is 1.54. The van der Waals surface area contributed by atoms with Crippen molar-refractivity contribution in [1.82, 2.24) is 29.3 Å². The van der Waals surface area contributed by atoms with Gasteiger partial charge in [0.05, 0.1) is 11.4 Å². The summed E-state index contributed by atoms with van der Waals surface area (Å²) in [5.41, 5.74) is 1.42. The second-order valence-corrected chi connectivity index (χ2v) is 9.47. The molecule has 0 bridgehead atoms. The first-order valence-corrected chi connectivity index (χ1v) is 10.6. The summed E-state index contributed by atoms with van der Waals surface area (Å²) in [5.74, 6) is -0.267. The minimum atomic E-state index is -4.53. The summed E-state index contributed by atoms with van der Waals surface area (Å²) in [5, 5.41) is 8.40. The van der Waals surface area contributed by atoms with Crippen LogP contribution in [-0.2, 0) is 18.6 Å². The number of alkyl halides is 3. The first-order chi connectivity index (χ1) is 14.8. The third-order valence-electron chi connectivity index (χ3n) is 5.93. The maximum absolute atomic E-state index is 13.6. The number of fused-ring (bicyclic) bond motifs is 1. The van der Waals surface area contributed by atoms with Gasteiger partial charge in [0.25, 0.3) is 5.91 Å². The lowest BCUT2D eigenvalue weighted by Gasteiger charge is -2.32. The van der Waals surface area contributed by atoms with Crippen LogP contribution in [0.5, 0.6) is 0 Å². The highest BCUT2D eigenvalue weighted by Crippen LogP contribution is 2.34. The van der Waals surface area contributed by atoms with Crippen LogP contribution in [0.15, 0.2) is 18.2 Å². The zero-order valence-electron chi connectivity index (χ0n) is 18.9. The van der Waals surface area contributed by atoms with Crippen molar-refractivity contribution in [2.75, 3.05) is 13.1 Å². The molecule has 0 unspecified atom stereocenters. The summed E-state index contributed by atoms with van der Waals surface area (Å²) < 4.78 is 43.3. The predicted molar refractivity (Wildman–Crippen MR) is 113 cm³/mol. The van der Waals surface area contributed by atoms with E-state index < -0.39 is 11.9 Å². The van der Waals surface area contributed by atoms with Crippen LogP contribution in [0.2, 0.25) is 0 Å². The standard InChI is InChI=1S/C22H27F3N6O/c1-13-10-19-26-15(11-18(22(23,24)25)31(19)27-13)14-6-8-30(9-7-14)20(32)16-12-17(21(2,3)4)28-29(16)5/h10-12,14H,6-9H2,1-5H3. The van der Waals surface area contributed by atoms with E-state index in [2.05, 4.69) is 15.2 Å². The number of carbonyl (C=O) groups is 1. The fourth-order valence-corrected chi connectivity index (χ4v) is 4.09. The SMILES string of the molecule is Cc1cc2nc(C3CCN(C(=O)c4cc(C(C)(C)C)nn4C)CC3)cc(C(F)(F)F)n2n1. The van der Waals surface area contributed by atoms with Gasteiger partial charge in [-0.2, -0.15) is 23.4 Å². The highest BCUT2D eigenvalue weighted by Gasteiger charge is 2.36. The number of hydrogen-bond acceptors (Lipinski definition) is 4. The van der Waals surface area contributed by atoms with Gasteiger partial charge in [-0.3, -0.25) is 9.48 Å². The molecule has 3 aromatic heterocycles. The second-order valence-electron chi connectivity index (χ2n) is 9.47. The minimum Gasteiger partial charge on any atom is -0.337 e. The molecule has 4 heterocycles. The summed E-state index contributed by atoms with van der Waals surface area (Å²) in [6.07, 6.45) is -3.44. The monoisotopic (exact) mass is 448 g/mol. The van der Waals surface area contributed by atoms with Gasteiger partial charge in [-0.05, 0) is 31.9 Å². The van der Waals surface area contributed by atoms with Crippen LogP contribution in [0.1, 0.15) is 72.8 Å². The van der Waals surface area contributed by atoms with Crippen molar-refractivity contribution in [1.29, 1.82) is 0 Å². The Morgan fingerprint density at radius 3 is 2.28 bits per heavy atom. The maximum Gasteiger partial charge on any atom is 0.433 e. The number of aromatic nitrogens is 5. The van der Waals surface area contributed by atoms with Crippen LogP contribution in [0.25, 0.3) is 5.65 Å². The van der Waals surface area contributed by atoms with Crippen LogP contribution in [0.4, 0.5) is 13.2 Å². The summed E-state index contributed by atoms with van der Waals surface area (Å²) in [4.78, 5) is 19.2. The topological polar surface area (TPSA) is 68.3 Å². The highest BCUT2D eigenvalue weighted by molar-refractivity contribution is 5.92. The fourth-order valence-electron chi connectivity index (χ4n) is 4.09. The number of hydrogen-bond donors (Lipinski definition) is 0. The Morgan fingerprint density at radius 1 is 1.06 bits per heavy atom. The number of aryl methyl sites for hydroxylation is 2. The van der Waals surface area contributed by atoms with E-state index in [-0.39, 0.29) is 22.9 Å². The number of likely N-dealkylation sites (tertiary alicyclic amines) is 1. The van der Waals surface area contributed by atoms with Crippen LogP contribution >= 0.6 is 0 Å². The van der Waals surface area contributed by atoms with Gasteiger partial charge in [-0.25, -0.2) is 9.50 Å². The quantitative estimate of drug-likeness (QED) is 0.592. The molecular formula is C22H27F3N6O. The summed E-state index contributed by atoms with van der Waals surface area (Å²) in [6.45, 7) is 8.66. The third kappa shape index (κ3) is 4.10. The number of halogens is 3. The Morgan fingerprint density at radius 2 is 1.72 bits per heavy atom. The molecule has 1 fully saturated rings. The van der Waals surface area contributed by atoms with Crippen molar-refractivity contribution in [3.05, 3.63) is 46.7 Å². The maximum atomic E-state index is 13.6. The third-order valence-corrected chi connectivity index (χ3v) is 5.93. The molecule has 1 aliphatic rings. The number of carbonyl (C=O) groups excluding carboxylic acids is 1. The van der Waals surface area contributed by atoms with Crippen LogP contribution < -0.4 is 0 Å². The molecule has 0 spiro atoms. The van der Waals surface area contributed by atoms with Crippen molar-refractivity contribution in [2.24, 2.45) is 7.05 Å². The molecule has 10 heteroatoms. The Hall–Kier alpha value is -2.91. The average molecular weight is 448 g/mol. The Labute approximate surface area is 184 Å². The zero-order chi connectivity index (χ0) is 23.4. The van der Waals surface area contributed by atoms with E-state index in [1.54, 1.807) is 29.6 Å². The van der Waals surface area contributed by atoms with E-state index in [1.807, 2.05) is 26.8 Å². The van der Waals surface area contributed by atoms with Crippen molar-refractivity contribution in [3.8, 4) is 0 Å². The molecule has 1 amide bonds. The molecule has 4 rings (SSSR count). The molecule has 7 nitrogen and oxygen atoms in total. The van der Waals surface area contributed by atoms with Gasteiger partial charge in [0.15, 0.2) is 5.65 Å². The Kier molecular flexibility index (Phi) is 5.29. The molecule has 172 valence electrons. The second kappa shape index (κ2) is 7.60. The molecule has 3 aromatic rings. The van der Waals surface area contributed by atoms with Gasteiger partial charge < -0.3 is 4.90 Å². The number of amides is 1. The molecule has 0 aliphatic carbocycles. The van der Waals surface area contributed by atoms with E-state index >= 15 is 0 Å². The van der Waals surface area contributed by atoms with Gasteiger partial charge >= 0.3 is 6.18 Å². The normalized spacial score (nSPS) is 16.2. The average Bonchev–Trinajstić information content (AvgIpc) is 3.27. The van der Waals surface area contributed by atoms with Gasteiger partial charge in [-0.15, -0.1) is 0 Å². The highest BCUT2D eigenvalue weighted by atomic mass is 19.4. The lowest BCUT2D eigenvalue weighted by Crippen LogP contribution is -2.39. The van der Waals surface area contributed by atoms with E-state index in [0.29, 0.717) is 43.0 Å². The van der Waals surface area contributed by atoms with Gasteiger partial charge in [-0.1, -0.05) is 20.8 Å². The van der Waals surface area contributed by atoms with Gasteiger partial charge in [0.2, 0.25) is 0 Å². The molecule has 0 aromatic carbocycles. The van der Waals surface area contributed by atoms with E-state index in [0.717, 1.165) is 16.3 Å².